The smallest absolute Gasteiger partial charge is 0.326 e. The highest BCUT2D eigenvalue weighted by atomic mass is 16.4. The third-order valence-corrected chi connectivity index (χ3v) is 5.50. The summed E-state index contributed by atoms with van der Waals surface area (Å²) in [5.74, 6) is -2.17. The molecule has 0 aliphatic carbocycles. The Morgan fingerprint density at radius 2 is 1.26 bits per heavy atom. The summed E-state index contributed by atoms with van der Waals surface area (Å²) in [5.41, 5.74) is 0.912. The third kappa shape index (κ3) is 4.34. The van der Waals surface area contributed by atoms with Crippen molar-refractivity contribution in [1.29, 1.82) is 5.26 Å². The molecule has 1 amide bonds. The molecule has 0 fully saturated rings. The van der Waals surface area contributed by atoms with Gasteiger partial charge >= 0.3 is 5.97 Å². The molecule has 2 N–H and O–H groups in total. The maximum atomic E-state index is 14.0. The largest absolute Gasteiger partial charge is 0.480 e. The first-order valence-corrected chi connectivity index (χ1v) is 10.1. The van der Waals surface area contributed by atoms with Crippen LogP contribution in [0.25, 0.3) is 0 Å². The zero-order chi connectivity index (χ0) is 22.3. The monoisotopic (exact) mass is 412 g/mol. The molecule has 0 bridgehead atoms. The molecule has 2 atom stereocenters. The average Bonchev–Trinajstić information content (AvgIpc) is 2.80. The summed E-state index contributed by atoms with van der Waals surface area (Å²) >= 11 is 0. The summed E-state index contributed by atoms with van der Waals surface area (Å²) in [4.78, 5) is 26.0. The van der Waals surface area contributed by atoms with E-state index in [0.29, 0.717) is 0 Å². The summed E-state index contributed by atoms with van der Waals surface area (Å²) in [6.07, 6.45) is 0.0201. The van der Waals surface area contributed by atoms with Crippen LogP contribution in [0.3, 0.4) is 0 Å². The van der Waals surface area contributed by atoms with Crippen molar-refractivity contribution in [2.45, 2.75) is 24.8 Å². The lowest BCUT2D eigenvalue weighted by atomic mass is 9.68. The van der Waals surface area contributed by atoms with Gasteiger partial charge in [0.05, 0.1) is 6.07 Å². The Morgan fingerprint density at radius 1 is 0.871 bits per heavy atom. The van der Waals surface area contributed by atoms with E-state index in [0.717, 1.165) is 16.7 Å². The van der Waals surface area contributed by atoms with Crippen LogP contribution in [0.15, 0.2) is 91.0 Å². The highest BCUT2D eigenvalue weighted by Gasteiger charge is 2.45. The van der Waals surface area contributed by atoms with Gasteiger partial charge < -0.3 is 10.4 Å². The molecule has 31 heavy (non-hydrogen) atoms. The maximum Gasteiger partial charge on any atom is 0.326 e. The van der Waals surface area contributed by atoms with Crippen molar-refractivity contribution in [3.05, 3.63) is 108 Å². The first-order valence-electron chi connectivity index (χ1n) is 10.1. The molecule has 0 radical (unpaired) electrons. The van der Waals surface area contributed by atoms with Gasteiger partial charge in [0.25, 0.3) is 0 Å². The van der Waals surface area contributed by atoms with E-state index in [9.17, 15) is 14.7 Å². The van der Waals surface area contributed by atoms with Crippen LogP contribution in [-0.4, -0.2) is 23.0 Å². The van der Waals surface area contributed by atoms with Crippen molar-refractivity contribution in [3.63, 3.8) is 0 Å². The van der Waals surface area contributed by atoms with Gasteiger partial charge in [0, 0.05) is 12.3 Å². The lowest BCUT2D eigenvalue weighted by molar-refractivity contribution is -0.143. The number of carbonyl (C=O) groups excluding carboxylic acids is 1. The number of amides is 1. The number of carboxylic acids is 1. The highest BCUT2D eigenvalue weighted by molar-refractivity contribution is 5.98. The first kappa shape index (κ1) is 21.8. The van der Waals surface area contributed by atoms with Crippen molar-refractivity contribution in [2.75, 3.05) is 0 Å². The molecule has 0 saturated carbocycles. The number of hydrogen-bond donors (Lipinski definition) is 2. The van der Waals surface area contributed by atoms with Crippen LogP contribution in [0.4, 0.5) is 0 Å². The fraction of sp³-hybridized carbons (Fsp3) is 0.192. The van der Waals surface area contributed by atoms with E-state index in [1.807, 2.05) is 97.1 Å². The van der Waals surface area contributed by atoms with Gasteiger partial charge in [0.1, 0.15) is 11.5 Å². The number of nitrogens with one attached hydrogen (secondary N) is 1. The molecular weight excluding hydrogens is 388 g/mol. The number of aliphatic carboxylic acids is 1. The molecule has 156 valence electrons. The fourth-order valence-corrected chi connectivity index (χ4v) is 3.92. The molecule has 0 spiro atoms. The zero-order valence-corrected chi connectivity index (χ0v) is 17.2. The SMILES string of the molecule is C[C@H](CC#N)[C@H](NC(=O)C(c1ccccc1)(c1ccccc1)c1ccccc1)C(=O)O. The van der Waals surface area contributed by atoms with Crippen LogP contribution < -0.4 is 5.32 Å². The second kappa shape index (κ2) is 9.73. The van der Waals surface area contributed by atoms with Gasteiger partial charge in [-0.3, -0.25) is 4.79 Å². The lowest BCUT2D eigenvalue weighted by Gasteiger charge is -2.36. The van der Waals surface area contributed by atoms with Crippen LogP contribution in [-0.2, 0) is 15.0 Å². The molecule has 0 aliphatic heterocycles. The number of rotatable bonds is 8. The van der Waals surface area contributed by atoms with Gasteiger partial charge in [0.2, 0.25) is 5.91 Å². The predicted octanol–water partition coefficient (Wildman–Crippen LogP) is 4.14. The second-order valence-corrected chi connectivity index (χ2v) is 7.48. The molecular formula is C26H24N2O3. The van der Waals surface area contributed by atoms with Gasteiger partial charge in [-0.15, -0.1) is 0 Å². The van der Waals surface area contributed by atoms with Gasteiger partial charge in [-0.05, 0) is 16.7 Å². The number of carbonyl (C=O) groups is 2. The van der Waals surface area contributed by atoms with Crippen LogP contribution in [0.2, 0.25) is 0 Å². The summed E-state index contributed by atoms with van der Waals surface area (Å²) in [5, 5.41) is 21.6. The van der Waals surface area contributed by atoms with Crippen LogP contribution in [0.5, 0.6) is 0 Å². The van der Waals surface area contributed by atoms with Crippen molar-refractivity contribution < 1.29 is 14.7 Å². The zero-order valence-electron chi connectivity index (χ0n) is 17.2. The van der Waals surface area contributed by atoms with Crippen molar-refractivity contribution >= 4 is 11.9 Å². The molecule has 3 aromatic carbocycles. The van der Waals surface area contributed by atoms with Gasteiger partial charge in [-0.25, -0.2) is 4.79 Å². The molecule has 0 saturated heterocycles. The van der Waals surface area contributed by atoms with Crippen LogP contribution >= 0.6 is 0 Å². The van der Waals surface area contributed by atoms with Crippen molar-refractivity contribution in [3.8, 4) is 6.07 Å². The van der Waals surface area contributed by atoms with Gasteiger partial charge in [-0.1, -0.05) is 97.9 Å². The second-order valence-electron chi connectivity index (χ2n) is 7.48. The minimum Gasteiger partial charge on any atom is -0.480 e. The molecule has 5 heteroatoms. The summed E-state index contributed by atoms with van der Waals surface area (Å²) in [6, 6.07) is 28.8. The Morgan fingerprint density at radius 3 is 1.58 bits per heavy atom. The number of carboxylic acid groups (broad SMARTS) is 1. The van der Waals surface area contributed by atoms with E-state index >= 15 is 0 Å². The average molecular weight is 412 g/mol. The van der Waals surface area contributed by atoms with Crippen molar-refractivity contribution in [1.82, 2.24) is 5.32 Å². The van der Waals surface area contributed by atoms with Crippen LogP contribution in [0, 0.1) is 17.2 Å². The quantitative estimate of drug-likeness (QED) is 0.544. The number of benzene rings is 3. The van der Waals surface area contributed by atoms with E-state index in [-0.39, 0.29) is 6.42 Å². The van der Waals surface area contributed by atoms with Crippen molar-refractivity contribution in [2.24, 2.45) is 5.92 Å². The summed E-state index contributed by atoms with van der Waals surface area (Å²) < 4.78 is 0. The topological polar surface area (TPSA) is 90.2 Å². The molecule has 0 heterocycles. The number of nitrogens with zero attached hydrogens (tertiary/aromatic N) is 1. The Kier molecular flexibility index (Phi) is 6.84. The summed E-state index contributed by atoms with van der Waals surface area (Å²) in [6.45, 7) is 1.65. The van der Waals surface area contributed by atoms with Gasteiger partial charge in [0.15, 0.2) is 0 Å². The summed E-state index contributed by atoms with van der Waals surface area (Å²) in [7, 11) is 0. The minimum atomic E-state index is -1.26. The number of nitriles is 1. The Hall–Kier alpha value is -3.91. The van der Waals surface area contributed by atoms with Gasteiger partial charge in [-0.2, -0.15) is 5.26 Å². The Labute approximate surface area is 182 Å². The van der Waals surface area contributed by atoms with E-state index in [1.54, 1.807) is 6.92 Å². The minimum absolute atomic E-state index is 0.0201. The fourth-order valence-electron chi connectivity index (χ4n) is 3.92. The maximum absolute atomic E-state index is 14.0. The Balaban J connectivity index is 2.24. The molecule has 3 aromatic rings. The van der Waals surface area contributed by atoms with Crippen LogP contribution in [0.1, 0.15) is 30.0 Å². The van der Waals surface area contributed by atoms with E-state index in [2.05, 4.69) is 5.32 Å². The van der Waals surface area contributed by atoms with E-state index < -0.39 is 29.3 Å². The lowest BCUT2D eigenvalue weighted by Crippen LogP contribution is -2.53. The predicted molar refractivity (Wildman–Crippen MR) is 118 cm³/mol. The molecule has 0 aromatic heterocycles. The number of hydrogen-bond acceptors (Lipinski definition) is 3. The third-order valence-electron chi connectivity index (χ3n) is 5.50. The molecule has 5 nitrogen and oxygen atoms in total. The molecule has 0 aliphatic rings. The van der Waals surface area contributed by atoms with E-state index in [4.69, 9.17) is 5.26 Å². The molecule has 0 unspecified atom stereocenters. The Bertz CT molecular complexity index is 963. The first-order chi connectivity index (χ1) is 15.0. The highest BCUT2D eigenvalue weighted by Crippen LogP contribution is 2.39. The van der Waals surface area contributed by atoms with E-state index in [1.165, 1.54) is 0 Å². The normalized spacial score (nSPS) is 12.9. The molecule has 3 rings (SSSR count). The standard InChI is InChI=1S/C26H24N2O3/c1-19(17-18-27)23(24(29)30)28-25(31)26(20-11-5-2-6-12-20,21-13-7-3-8-14-21)22-15-9-4-10-16-22/h2-16,19,23H,17H2,1H3,(H,28,31)(H,29,30)/t19-,23+/m1/s1.